The Morgan fingerprint density at radius 1 is 1.06 bits per heavy atom. The molecule has 0 radical (unpaired) electrons. The van der Waals surface area contributed by atoms with Crippen LogP contribution in [0.3, 0.4) is 0 Å². The molecule has 0 aliphatic carbocycles. The lowest BCUT2D eigenvalue weighted by Crippen LogP contribution is -2.27. The van der Waals surface area contributed by atoms with Gasteiger partial charge in [0, 0.05) is 20.1 Å². The van der Waals surface area contributed by atoms with Gasteiger partial charge in [-0.25, -0.2) is 0 Å². The summed E-state index contributed by atoms with van der Waals surface area (Å²) < 4.78 is 7.32. The Hall–Kier alpha value is -1.83. The van der Waals surface area contributed by atoms with Crippen LogP contribution in [0.2, 0.25) is 10.0 Å². The average molecular weight is 551 g/mol. The summed E-state index contributed by atoms with van der Waals surface area (Å²) in [6.45, 7) is 0.311. The summed E-state index contributed by atoms with van der Waals surface area (Å²) in [5.74, 6) is 0.528. The molecule has 3 nitrogen and oxygen atoms in total. The number of hydrogen-bond acceptors (Lipinski definition) is 4. The van der Waals surface area contributed by atoms with Crippen LogP contribution in [0.25, 0.3) is 6.08 Å². The molecule has 31 heavy (non-hydrogen) atoms. The van der Waals surface area contributed by atoms with Crippen LogP contribution in [0, 0.1) is 0 Å². The van der Waals surface area contributed by atoms with Crippen molar-refractivity contribution in [2.24, 2.45) is 0 Å². The number of rotatable bonds is 5. The highest BCUT2D eigenvalue weighted by Gasteiger charge is 2.33. The van der Waals surface area contributed by atoms with Gasteiger partial charge in [-0.3, -0.25) is 9.69 Å². The number of hydrogen-bond donors (Lipinski definition) is 0. The van der Waals surface area contributed by atoms with Crippen LogP contribution in [-0.2, 0) is 11.4 Å². The molecular weight excluding hydrogens is 537 g/mol. The zero-order valence-electron chi connectivity index (χ0n) is 15.8. The summed E-state index contributed by atoms with van der Waals surface area (Å²) in [4.78, 5) is 15.1. The predicted octanol–water partition coefficient (Wildman–Crippen LogP) is 7.74. The van der Waals surface area contributed by atoms with Gasteiger partial charge in [0.1, 0.15) is 12.4 Å². The van der Waals surface area contributed by atoms with Crippen LogP contribution in [-0.4, -0.2) is 10.2 Å². The second-order valence-corrected chi connectivity index (χ2v) is 10.0. The van der Waals surface area contributed by atoms with Gasteiger partial charge in [0.05, 0.1) is 10.6 Å². The Morgan fingerprint density at radius 3 is 2.58 bits per heavy atom. The molecule has 1 amide bonds. The van der Waals surface area contributed by atoms with Gasteiger partial charge in [-0.1, -0.05) is 81.3 Å². The van der Waals surface area contributed by atoms with Crippen molar-refractivity contribution in [3.8, 4) is 5.75 Å². The molecule has 8 heteroatoms. The van der Waals surface area contributed by atoms with Gasteiger partial charge in [0.25, 0.3) is 5.91 Å². The van der Waals surface area contributed by atoms with Crippen LogP contribution in [0.15, 0.2) is 76.1 Å². The van der Waals surface area contributed by atoms with Gasteiger partial charge in [0.15, 0.2) is 4.32 Å². The number of carbonyl (C=O) groups excluding carboxylic acids is 1. The van der Waals surface area contributed by atoms with E-state index in [1.165, 1.54) is 11.8 Å². The van der Waals surface area contributed by atoms with Crippen molar-refractivity contribution >= 4 is 85.1 Å². The summed E-state index contributed by atoms with van der Waals surface area (Å²) in [6.07, 6.45) is 1.82. The van der Waals surface area contributed by atoms with Crippen molar-refractivity contribution in [1.82, 2.24) is 0 Å². The highest BCUT2D eigenvalue weighted by atomic mass is 79.9. The molecule has 156 valence electrons. The van der Waals surface area contributed by atoms with E-state index in [0.717, 1.165) is 21.3 Å². The molecule has 1 heterocycles. The quantitative estimate of drug-likeness (QED) is 0.240. The third kappa shape index (κ3) is 5.33. The summed E-state index contributed by atoms with van der Waals surface area (Å²) in [6, 6.07) is 20.3. The summed E-state index contributed by atoms with van der Waals surface area (Å²) in [5.41, 5.74) is 2.42. The third-order valence-electron chi connectivity index (χ3n) is 4.44. The maximum absolute atomic E-state index is 12.9. The van der Waals surface area contributed by atoms with Gasteiger partial charge in [0.2, 0.25) is 0 Å². The van der Waals surface area contributed by atoms with E-state index < -0.39 is 0 Å². The first kappa shape index (κ1) is 22.4. The number of carbonyl (C=O) groups is 1. The van der Waals surface area contributed by atoms with Crippen molar-refractivity contribution in [2.75, 3.05) is 4.90 Å². The van der Waals surface area contributed by atoms with E-state index in [9.17, 15) is 4.79 Å². The van der Waals surface area contributed by atoms with E-state index in [-0.39, 0.29) is 5.91 Å². The highest BCUT2D eigenvalue weighted by molar-refractivity contribution is 9.10. The molecule has 1 fully saturated rings. The normalized spacial score (nSPS) is 15.1. The van der Waals surface area contributed by atoms with E-state index in [2.05, 4.69) is 15.9 Å². The molecule has 0 spiro atoms. The molecule has 0 bridgehead atoms. The van der Waals surface area contributed by atoms with Crippen molar-refractivity contribution < 1.29 is 9.53 Å². The fraction of sp³-hybridized carbons (Fsp3) is 0.0435. The molecule has 1 aliphatic rings. The fourth-order valence-corrected chi connectivity index (χ4v) is 4.95. The second-order valence-electron chi connectivity index (χ2n) is 6.59. The van der Waals surface area contributed by atoms with Gasteiger partial charge < -0.3 is 4.74 Å². The third-order valence-corrected chi connectivity index (χ3v) is 6.86. The minimum absolute atomic E-state index is 0.142. The smallest absolute Gasteiger partial charge is 0.270 e. The lowest BCUT2D eigenvalue weighted by molar-refractivity contribution is -0.113. The lowest BCUT2D eigenvalue weighted by Gasteiger charge is -2.14. The topological polar surface area (TPSA) is 29.5 Å². The van der Waals surface area contributed by atoms with Gasteiger partial charge >= 0.3 is 0 Å². The molecule has 1 aliphatic heterocycles. The first-order valence-electron chi connectivity index (χ1n) is 9.11. The first-order valence-corrected chi connectivity index (χ1v) is 11.9. The lowest BCUT2D eigenvalue weighted by atomic mass is 10.2. The van der Waals surface area contributed by atoms with Crippen LogP contribution in [0.1, 0.15) is 11.1 Å². The monoisotopic (exact) mass is 549 g/mol. The average Bonchev–Trinajstić information content (AvgIpc) is 3.01. The Morgan fingerprint density at radius 2 is 1.84 bits per heavy atom. The molecule has 0 unspecified atom stereocenters. The van der Waals surface area contributed by atoms with E-state index in [4.69, 9.17) is 40.2 Å². The number of ether oxygens (including phenoxy) is 1. The second kappa shape index (κ2) is 9.76. The van der Waals surface area contributed by atoms with E-state index in [0.29, 0.717) is 31.6 Å². The maximum Gasteiger partial charge on any atom is 0.270 e. The van der Waals surface area contributed by atoms with Crippen LogP contribution in [0.5, 0.6) is 5.75 Å². The Bertz CT molecular complexity index is 1200. The van der Waals surface area contributed by atoms with Crippen molar-refractivity contribution in [2.45, 2.75) is 6.61 Å². The van der Waals surface area contributed by atoms with Crippen LogP contribution < -0.4 is 9.64 Å². The van der Waals surface area contributed by atoms with Gasteiger partial charge in [-0.15, -0.1) is 0 Å². The Labute approximate surface area is 208 Å². The summed E-state index contributed by atoms with van der Waals surface area (Å²) >= 11 is 22.3. The molecule has 0 N–H and O–H groups in total. The van der Waals surface area contributed by atoms with Crippen molar-refractivity contribution in [1.29, 1.82) is 0 Å². The molecule has 3 aromatic rings. The number of benzene rings is 3. The number of nitrogens with zero attached hydrogens (tertiary/aromatic N) is 1. The van der Waals surface area contributed by atoms with E-state index in [1.807, 2.05) is 60.7 Å². The number of thiocarbonyl (C=S) groups is 1. The molecule has 3 aromatic carbocycles. The fourth-order valence-electron chi connectivity index (χ4n) is 2.93. The maximum atomic E-state index is 12.9. The van der Waals surface area contributed by atoms with Crippen LogP contribution in [0.4, 0.5) is 5.69 Å². The molecule has 4 rings (SSSR count). The van der Waals surface area contributed by atoms with Gasteiger partial charge in [-0.2, -0.15) is 0 Å². The standard InChI is InChI=1S/C23H14BrCl2NO2S2/c24-16-5-8-18(9-6-16)27-22(28)21(31-23(27)30)11-14-2-1-3-19(10-14)29-13-15-4-7-17(25)12-20(15)26/h1-12H,13H2/b21-11+. The highest BCUT2D eigenvalue weighted by Crippen LogP contribution is 2.36. The first-order chi connectivity index (χ1) is 14.9. The molecule has 0 atom stereocenters. The molecular formula is C23H14BrCl2NO2S2. The molecule has 1 saturated heterocycles. The van der Waals surface area contributed by atoms with Crippen molar-refractivity contribution in [3.63, 3.8) is 0 Å². The Balaban J connectivity index is 1.50. The zero-order chi connectivity index (χ0) is 22.0. The minimum Gasteiger partial charge on any atom is -0.489 e. The van der Waals surface area contributed by atoms with Gasteiger partial charge in [-0.05, 0) is 60.2 Å². The SMILES string of the molecule is O=C1/C(=C\c2cccc(OCc3ccc(Cl)cc3Cl)c2)SC(=S)N1c1ccc(Br)cc1. The Kier molecular flexibility index (Phi) is 7.04. The number of thioether (sulfide) groups is 1. The predicted molar refractivity (Wildman–Crippen MR) is 137 cm³/mol. The largest absolute Gasteiger partial charge is 0.489 e. The minimum atomic E-state index is -0.142. The number of amides is 1. The van der Waals surface area contributed by atoms with E-state index >= 15 is 0 Å². The molecule has 0 aromatic heterocycles. The molecule has 0 saturated carbocycles. The zero-order valence-corrected chi connectivity index (χ0v) is 20.6. The number of anilines is 1. The summed E-state index contributed by atoms with van der Waals surface area (Å²) in [7, 11) is 0. The van der Waals surface area contributed by atoms with Crippen molar-refractivity contribution in [3.05, 3.63) is 97.3 Å². The summed E-state index contributed by atoms with van der Waals surface area (Å²) in [5, 5.41) is 1.14. The number of halogens is 3. The van der Waals surface area contributed by atoms with Crippen LogP contribution >= 0.6 is 63.1 Å². The van der Waals surface area contributed by atoms with E-state index in [1.54, 1.807) is 17.0 Å².